The Hall–Kier alpha value is -1.41. The minimum absolute atomic E-state index is 0.0146. The molecule has 1 rings (SSSR count). The molecule has 114 valence electrons. The molecule has 0 aromatic carbocycles. The molecule has 0 radical (unpaired) electrons. The van der Waals surface area contributed by atoms with Crippen LogP contribution in [0.15, 0.2) is 10.9 Å². The molecule has 3 N–H and O–H groups in total. The number of likely N-dealkylation sites (N-methyl/N-ethyl adjacent to an activating group) is 1. The Kier molecular flexibility index (Phi) is 6.66. The summed E-state index contributed by atoms with van der Waals surface area (Å²) in [6, 6.07) is 1.22. The zero-order valence-corrected chi connectivity index (χ0v) is 11.9. The number of aromatic nitrogens is 1. The monoisotopic (exact) mass is 286 g/mol. The lowest BCUT2D eigenvalue weighted by Gasteiger charge is -2.22. The summed E-state index contributed by atoms with van der Waals surface area (Å²) in [5.41, 5.74) is 0.321. The van der Waals surface area contributed by atoms with Crippen molar-refractivity contribution in [2.45, 2.75) is 19.7 Å². The average Bonchev–Trinajstić information content (AvgIpc) is 2.42. The lowest BCUT2D eigenvalue weighted by Crippen LogP contribution is -2.27. The summed E-state index contributed by atoms with van der Waals surface area (Å²) < 4.78 is 6.68. The molecule has 1 heterocycles. The highest BCUT2D eigenvalue weighted by Gasteiger charge is 2.16. The summed E-state index contributed by atoms with van der Waals surface area (Å²) in [5.74, 6) is -0.330. The van der Waals surface area contributed by atoms with E-state index in [1.165, 1.54) is 6.07 Å². The first-order valence-corrected chi connectivity index (χ1v) is 6.38. The van der Waals surface area contributed by atoms with Gasteiger partial charge in [-0.1, -0.05) is 0 Å². The highest BCUT2D eigenvalue weighted by Crippen LogP contribution is 2.17. The van der Waals surface area contributed by atoms with Crippen LogP contribution in [0.5, 0.6) is 5.75 Å². The molecule has 7 nitrogen and oxygen atoms in total. The molecule has 0 atom stereocenters. The van der Waals surface area contributed by atoms with Gasteiger partial charge in [-0.15, -0.1) is 0 Å². The highest BCUT2D eigenvalue weighted by atomic mass is 16.5. The lowest BCUT2D eigenvalue weighted by molar-refractivity contribution is 0.176. The van der Waals surface area contributed by atoms with Gasteiger partial charge in [0.2, 0.25) is 5.43 Å². The van der Waals surface area contributed by atoms with Gasteiger partial charge in [-0.05, 0) is 7.05 Å². The van der Waals surface area contributed by atoms with E-state index in [4.69, 9.17) is 9.84 Å². The minimum Gasteiger partial charge on any atom is -0.503 e. The van der Waals surface area contributed by atoms with Gasteiger partial charge in [0.25, 0.3) is 0 Å². The molecule has 0 saturated heterocycles. The molecule has 7 heteroatoms. The second kappa shape index (κ2) is 8.01. The Bertz CT molecular complexity index is 486. The van der Waals surface area contributed by atoms with Gasteiger partial charge >= 0.3 is 0 Å². The normalized spacial score (nSPS) is 11.2. The smallest absolute Gasteiger partial charge is 0.223 e. The molecule has 20 heavy (non-hydrogen) atoms. The van der Waals surface area contributed by atoms with Crippen molar-refractivity contribution in [3.8, 4) is 5.75 Å². The second-order valence-electron chi connectivity index (χ2n) is 4.56. The first kappa shape index (κ1) is 16.6. The molecule has 0 amide bonds. The van der Waals surface area contributed by atoms with E-state index in [-0.39, 0.29) is 19.0 Å². The van der Waals surface area contributed by atoms with Gasteiger partial charge in [0.15, 0.2) is 5.75 Å². The zero-order chi connectivity index (χ0) is 15.1. The van der Waals surface area contributed by atoms with E-state index >= 15 is 0 Å². The summed E-state index contributed by atoms with van der Waals surface area (Å²) >= 11 is 0. The third kappa shape index (κ3) is 4.04. The maximum Gasteiger partial charge on any atom is 0.223 e. The molecule has 1 aromatic heterocycles. The number of rotatable bonds is 8. The van der Waals surface area contributed by atoms with E-state index in [1.807, 2.05) is 0 Å². The molecule has 0 aliphatic rings. The Morgan fingerprint density at radius 2 is 2.10 bits per heavy atom. The van der Waals surface area contributed by atoms with E-state index in [0.717, 1.165) is 0 Å². The third-order valence-electron chi connectivity index (χ3n) is 3.06. The average molecular weight is 286 g/mol. The van der Waals surface area contributed by atoms with Crippen molar-refractivity contribution in [1.82, 2.24) is 9.47 Å². The predicted octanol–water partition coefficient (Wildman–Crippen LogP) is -0.883. The van der Waals surface area contributed by atoms with Crippen LogP contribution in [0.4, 0.5) is 0 Å². The van der Waals surface area contributed by atoms with Crippen molar-refractivity contribution >= 4 is 0 Å². The van der Waals surface area contributed by atoms with Crippen molar-refractivity contribution in [3.63, 3.8) is 0 Å². The number of ether oxygens (including phenoxy) is 1. The fourth-order valence-corrected chi connectivity index (χ4v) is 2.00. The van der Waals surface area contributed by atoms with Crippen molar-refractivity contribution in [3.05, 3.63) is 27.7 Å². The number of hydrogen-bond donors (Lipinski definition) is 3. The molecular weight excluding hydrogens is 264 g/mol. The number of aromatic hydroxyl groups is 1. The molecule has 1 aromatic rings. The largest absolute Gasteiger partial charge is 0.503 e. The maximum atomic E-state index is 11.7. The Morgan fingerprint density at radius 1 is 1.40 bits per heavy atom. The van der Waals surface area contributed by atoms with Crippen LogP contribution in [0, 0.1) is 0 Å². The van der Waals surface area contributed by atoms with Crippen molar-refractivity contribution < 1.29 is 20.1 Å². The zero-order valence-electron chi connectivity index (χ0n) is 11.9. The van der Waals surface area contributed by atoms with Crippen LogP contribution in [0.25, 0.3) is 0 Å². The molecule has 0 unspecified atom stereocenters. The molecule has 0 aliphatic carbocycles. The van der Waals surface area contributed by atoms with Crippen LogP contribution in [-0.2, 0) is 24.4 Å². The number of nitrogens with zero attached hydrogens (tertiary/aromatic N) is 2. The topological polar surface area (TPSA) is 95.2 Å². The molecule has 0 aliphatic heterocycles. The van der Waals surface area contributed by atoms with Gasteiger partial charge in [-0.25, -0.2) is 0 Å². The van der Waals surface area contributed by atoms with Gasteiger partial charge < -0.3 is 24.6 Å². The van der Waals surface area contributed by atoms with Gasteiger partial charge in [-0.2, -0.15) is 0 Å². The Balaban J connectivity index is 3.21. The SMILES string of the molecule is COCCn1c(CO)cc(=O)c(O)c1CN(C)CCO. The van der Waals surface area contributed by atoms with Crippen LogP contribution < -0.4 is 5.43 Å². The van der Waals surface area contributed by atoms with Crippen molar-refractivity contribution in [2.24, 2.45) is 0 Å². The molecule has 0 bridgehead atoms. The second-order valence-corrected chi connectivity index (χ2v) is 4.56. The number of aliphatic hydroxyl groups is 2. The Labute approximate surface area is 117 Å². The Morgan fingerprint density at radius 3 is 2.65 bits per heavy atom. The predicted molar refractivity (Wildman–Crippen MR) is 73.6 cm³/mol. The van der Waals surface area contributed by atoms with Gasteiger partial charge in [0.05, 0.1) is 25.5 Å². The van der Waals surface area contributed by atoms with E-state index < -0.39 is 5.43 Å². The van der Waals surface area contributed by atoms with Crippen LogP contribution in [0.3, 0.4) is 0 Å². The van der Waals surface area contributed by atoms with Gasteiger partial charge in [0, 0.05) is 38.5 Å². The summed E-state index contributed by atoms with van der Waals surface area (Å²) in [6.45, 7) is 1.21. The quantitative estimate of drug-likeness (QED) is 0.574. The van der Waals surface area contributed by atoms with Crippen molar-refractivity contribution in [1.29, 1.82) is 0 Å². The first-order chi connectivity index (χ1) is 9.54. The van der Waals surface area contributed by atoms with Gasteiger partial charge in [-0.3, -0.25) is 9.69 Å². The third-order valence-corrected chi connectivity index (χ3v) is 3.06. The molecule has 0 spiro atoms. The van der Waals surface area contributed by atoms with Crippen LogP contribution in [-0.4, -0.2) is 58.7 Å². The summed E-state index contributed by atoms with van der Waals surface area (Å²) in [4.78, 5) is 13.5. The fourth-order valence-electron chi connectivity index (χ4n) is 2.00. The van der Waals surface area contributed by atoms with Crippen LogP contribution in [0.1, 0.15) is 11.4 Å². The number of hydrogen-bond acceptors (Lipinski definition) is 6. The van der Waals surface area contributed by atoms with E-state index in [9.17, 15) is 15.0 Å². The standard InChI is InChI=1S/C13H22N2O5/c1-14(3-5-16)8-11-13(19)12(18)7-10(9-17)15(11)4-6-20-2/h7,16-17,19H,3-6,8-9H2,1-2H3. The molecular formula is C13H22N2O5. The highest BCUT2D eigenvalue weighted by molar-refractivity contribution is 5.30. The fraction of sp³-hybridized carbons (Fsp3) is 0.615. The van der Waals surface area contributed by atoms with E-state index in [2.05, 4.69) is 0 Å². The summed E-state index contributed by atoms with van der Waals surface area (Å²) in [6.07, 6.45) is 0. The first-order valence-electron chi connectivity index (χ1n) is 6.38. The lowest BCUT2D eigenvalue weighted by atomic mass is 10.2. The van der Waals surface area contributed by atoms with Crippen molar-refractivity contribution in [2.75, 3.05) is 33.9 Å². The van der Waals surface area contributed by atoms with Crippen LogP contribution in [0.2, 0.25) is 0 Å². The van der Waals surface area contributed by atoms with Gasteiger partial charge in [0.1, 0.15) is 0 Å². The summed E-state index contributed by atoms with van der Waals surface area (Å²) in [7, 11) is 3.32. The number of aliphatic hydroxyl groups excluding tert-OH is 2. The van der Waals surface area contributed by atoms with Crippen LogP contribution >= 0.6 is 0 Å². The van der Waals surface area contributed by atoms with E-state index in [0.29, 0.717) is 37.6 Å². The molecule has 0 fully saturated rings. The maximum absolute atomic E-state index is 11.7. The number of methoxy groups -OCH3 is 1. The summed E-state index contributed by atoms with van der Waals surface area (Å²) in [5, 5.41) is 28.2. The number of pyridine rings is 1. The van der Waals surface area contributed by atoms with E-state index in [1.54, 1.807) is 23.6 Å². The minimum atomic E-state index is -0.518. The molecule has 0 saturated carbocycles.